The molecule has 0 bridgehead atoms. The molecule has 2 aliphatic carbocycles. The zero-order valence-corrected chi connectivity index (χ0v) is 13.4. The summed E-state index contributed by atoms with van der Waals surface area (Å²) in [7, 11) is 0. The number of rotatable bonds is 6. The largest absolute Gasteiger partial charge is 0.474 e. The van der Waals surface area contributed by atoms with Crippen LogP contribution >= 0.6 is 0 Å². The molecule has 1 aromatic rings. The first kappa shape index (κ1) is 14.8. The number of nitrogens with one attached hydrogen (secondary N) is 1. The molecule has 1 N–H and O–H groups in total. The third kappa shape index (κ3) is 4.19. The van der Waals surface area contributed by atoms with E-state index in [0.29, 0.717) is 12.0 Å². The van der Waals surface area contributed by atoms with Gasteiger partial charge in [-0.2, -0.15) is 0 Å². The lowest BCUT2D eigenvalue weighted by atomic mass is 9.88. The smallest absolute Gasteiger partial charge is 0.214 e. The summed E-state index contributed by atoms with van der Waals surface area (Å²) in [5.74, 6) is 1.49. The quantitative estimate of drug-likeness (QED) is 0.863. The van der Waals surface area contributed by atoms with Gasteiger partial charge in [0.2, 0.25) is 5.88 Å². The van der Waals surface area contributed by atoms with Crippen LogP contribution in [0.5, 0.6) is 5.88 Å². The molecule has 2 fully saturated rings. The molecular formula is C18H28N2O. The van der Waals surface area contributed by atoms with E-state index in [2.05, 4.69) is 36.3 Å². The molecule has 116 valence electrons. The number of pyridine rings is 1. The third-order valence-electron chi connectivity index (χ3n) is 4.75. The lowest BCUT2D eigenvalue weighted by molar-refractivity contribution is 0.0972. The number of nitrogens with zero attached hydrogens (tertiary/aromatic N) is 1. The van der Waals surface area contributed by atoms with Crippen molar-refractivity contribution in [2.24, 2.45) is 5.92 Å². The first-order valence-corrected chi connectivity index (χ1v) is 8.64. The molecule has 3 rings (SSSR count). The Morgan fingerprint density at radius 1 is 1.19 bits per heavy atom. The highest BCUT2D eigenvalue weighted by Crippen LogP contribution is 2.28. The maximum atomic E-state index is 6.23. The number of hydrogen-bond donors (Lipinski definition) is 1. The van der Waals surface area contributed by atoms with Gasteiger partial charge in [-0.25, -0.2) is 4.98 Å². The van der Waals surface area contributed by atoms with Crippen molar-refractivity contribution < 1.29 is 4.74 Å². The number of ether oxygens (including phenoxy) is 1. The predicted octanol–water partition coefficient (Wildman–Crippen LogP) is 3.85. The first-order valence-electron chi connectivity index (χ1n) is 8.64. The SMILES string of the molecule is CCc1cc(CNC2CC2)cc(OC2CCCCC2C)n1. The van der Waals surface area contributed by atoms with Gasteiger partial charge in [-0.1, -0.05) is 20.3 Å². The van der Waals surface area contributed by atoms with E-state index in [1.807, 2.05) is 0 Å². The van der Waals surface area contributed by atoms with Crippen LogP contribution in [0, 0.1) is 5.92 Å². The Morgan fingerprint density at radius 2 is 2.00 bits per heavy atom. The number of aromatic nitrogens is 1. The average Bonchev–Trinajstić information content (AvgIpc) is 3.31. The van der Waals surface area contributed by atoms with E-state index in [4.69, 9.17) is 4.74 Å². The molecule has 0 aromatic carbocycles. The normalized spacial score (nSPS) is 25.8. The molecule has 2 aliphatic rings. The molecule has 1 heterocycles. The van der Waals surface area contributed by atoms with Gasteiger partial charge in [0.15, 0.2) is 0 Å². The summed E-state index contributed by atoms with van der Waals surface area (Å²) in [4.78, 5) is 4.67. The first-order chi connectivity index (χ1) is 10.2. The van der Waals surface area contributed by atoms with Crippen molar-refractivity contribution in [1.29, 1.82) is 0 Å². The van der Waals surface area contributed by atoms with E-state index < -0.39 is 0 Å². The van der Waals surface area contributed by atoms with Gasteiger partial charge in [0, 0.05) is 24.3 Å². The van der Waals surface area contributed by atoms with E-state index >= 15 is 0 Å². The number of hydrogen-bond acceptors (Lipinski definition) is 3. The second kappa shape index (κ2) is 6.78. The molecule has 2 saturated carbocycles. The maximum Gasteiger partial charge on any atom is 0.214 e. The van der Waals surface area contributed by atoms with Gasteiger partial charge in [-0.15, -0.1) is 0 Å². The second-order valence-corrected chi connectivity index (χ2v) is 6.73. The van der Waals surface area contributed by atoms with E-state index in [0.717, 1.165) is 30.6 Å². The molecule has 1 aromatic heterocycles. The van der Waals surface area contributed by atoms with Gasteiger partial charge in [0.25, 0.3) is 0 Å². The van der Waals surface area contributed by atoms with Gasteiger partial charge in [0.1, 0.15) is 6.10 Å². The van der Waals surface area contributed by atoms with Crippen LogP contribution < -0.4 is 10.1 Å². The monoisotopic (exact) mass is 288 g/mol. The van der Waals surface area contributed by atoms with Crippen LogP contribution in [0.2, 0.25) is 0 Å². The second-order valence-electron chi connectivity index (χ2n) is 6.73. The molecule has 2 unspecified atom stereocenters. The zero-order valence-electron chi connectivity index (χ0n) is 13.4. The zero-order chi connectivity index (χ0) is 14.7. The topological polar surface area (TPSA) is 34.1 Å². The lowest BCUT2D eigenvalue weighted by Gasteiger charge is -2.29. The predicted molar refractivity (Wildman–Crippen MR) is 85.5 cm³/mol. The fourth-order valence-corrected chi connectivity index (χ4v) is 3.13. The third-order valence-corrected chi connectivity index (χ3v) is 4.75. The van der Waals surface area contributed by atoms with Crippen molar-refractivity contribution in [3.8, 4) is 5.88 Å². The summed E-state index contributed by atoms with van der Waals surface area (Å²) < 4.78 is 6.23. The van der Waals surface area contributed by atoms with E-state index in [1.165, 1.54) is 44.1 Å². The Labute approximate surface area is 128 Å². The summed E-state index contributed by atoms with van der Waals surface area (Å²) in [5, 5.41) is 3.58. The van der Waals surface area contributed by atoms with Crippen LogP contribution in [-0.4, -0.2) is 17.1 Å². The van der Waals surface area contributed by atoms with Crippen molar-refractivity contribution >= 4 is 0 Å². The minimum absolute atomic E-state index is 0.350. The molecular weight excluding hydrogens is 260 g/mol. The molecule has 0 spiro atoms. The van der Waals surface area contributed by atoms with E-state index in [9.17, 15) is 0 Å². The molecule has 2 atom stereocenters. The van der Waals surface area contributed by atoms with Gasteiger partial charge >= 0.3 is 0 Å². The van der Waals surface area contributed by atoms with Crippen molar-refractivity contribution in [3.05, 3.63) is 23.4 Å². The molecule has 3 nitrogen and oxygen atoms in total. The van der Waals surface area contributed by atoms with E-state index in [1.54, 1.807) is 0 Å². The maximum absolute atomic E-state index is 6.23. The number of aryl methyl sites for hydroxylation is 1. The molecule has 0 amide bonds. The van der Waals surface area contributed by atoms with Crippen LogP contribution in [0.3, 0.4) is 0 Å². The van der Waals surface area contributed by atoms with Gasteiger partial charge in [-0.05, 0) is 56.1 Å². The summed E-state index contributed by atoms with van der Waals surface area (Å²) in [5.41, 5.74) is 2.45. The fraction of sp³-hybridized carbons (Fsp3) is 0.722. The Balaban J connectivity index is 1.68. The highest BCUT2D eigenvalue weighted by atomic mass is 16.5. The average molecular weight is 288 g/mol. The van der Waals surface area contributed by atoms with Crippen molar-refractivity contribution in [1.82, 2.24) is 10.3 Å². The molecule has 0 radical (unpaired) electrons. The molecule has 3 heteroatoms. The molecule has 0 aliphatic heterocycles. The van der Waals surface area contributed by atoms with Crippen LogP contribution in [0.15, 0.2) is 12.1 Å². The summed E-state index contributed by atoms with van der Waals surface area (Å²) in [6, 6.07) is 5.09. The Morgan fingerprint density at radius 3 is 2.71 bits per heavy atom. The highest BCUT2D eigenvalue weighted by Gasteiger charge is 2.24. The van der Waals surface area contributed by atoms with E-state index in [-0.39, 0.29) is 0 Å². The van der Waals surface area contributed by atoms with Crippen LogP contribution in [0.4, 0.5) is 0 Å². The van der Waals surface area contributed by atoms with Crippen LogP contribution in [0.25, 0.3) is 0 Å². The highest BCUT2D eigenvalue weighted by molar-refractivity contribution is 5.25. The molecule has 0 saturated heterocycles. The molecule has 21 heavy (non-hydrogen) atoms. The van der Waals surface area contributed by atoms with Gasteiger partial charge in [-0.3, -0.25) is 0 Å². The van der Waals surface area contributed by atoms with Crippen molar-refractivity contribution in [3.63, 3.8) is 0 Å². The van der Waals surface area contributed by atoms with Gasteiger partial charge < -0.3 is 10.1 Å². The minimum atomic E-state index is 0.350. The summed E-state index contributed by atoms with van der Waals surface area (Å²) >= 11 is 0. The van der Waals surface area contributed by atoms with Crippen molar-refractivity contribution in [2.45, 2.75) is 77.5 Å². The summed E-state index contributed by atoms with van der Waals surface area (Å²) in [6.45, 7) is 5.41. The fourth-order valence-electron chi connectivity index (χ4n) is 3.13. The Hall–Kier alpha value is -1.09. The Kier molecular flexibility index (Phi) is 4.79. The lowest BCUT2D eigenvalue weighted by Crippen LogP contribution is -2.28. The van der Waals surface area contributed by atoms with Crippen LogP contribution in [-0.2, 0) is 13.0 Å². The minimum Gasteiger partial charge on any atom is -0.474 e. The van der Waals surface area contributed by atoms with Gasteiger partial charge in [0.05, 0.1) is 0 Å². The Bertz CT molecular complexity index is 470. The summed E-state index contributed by atoms with van der Waals surface area (Å²) in [6.07, 6.45) is 9.07. The standard InChI is InChI=1S/C18H28N2O/c1-3-15-10-14(12-19-16-8-9-16)11-18(20-15)21-17-7-5-4-6-13(17)2/h10-11,13,16-17,19H,3-9,12H2,1-2H3. The van der Waals surface area contributed by atoms with Crippen LogP contribution in [0.1, 0.15) is 63.6 Å². The van der Waals surface area contributed by atoms with Crippen molar-refractivity contribution in [2.75, 3.05) is 0 Å².